The van der Waals surface area contributed by atoms with E-state index in [1.165, 1.54) is 11.0 Å². The van der Waals surface area contributed by atoms with E-state index in [1.54, 1.807) is 24.3 Å². The van der Waals surface area contributed by atoms with Gasteiger partial charge < -0.3 is 4.74 Å². The first-order valence-corrected chi connectivity index (χ1v) is 11.1. The summed E-state index contributed by atoms with van der Waals surface area (Å²) in [4.78, 5) is 52.5. The van der Waals surface area contributed by atoms with Crippen molar-refractivity contribution in [1.29, 1.82) is 0 Å². The molecule has 4 atom stereocenters. The summed E-state index contributed by atoms with van der Waals surface area (Å²) >= 11 is 0. The maximum absolute atomic E-state index is 13.0. The van der Waals surface area contributed by atoms with Gasteiger partial charge in [-0.3, -0.25) is 19.3 Å². The summed E-state index contributed by atoms with van der Waals surface area (Å²) in [5.41, 5.74) is 2.90. The molecule has 2 saturated carbocycles. The van der Waals surface area contributed by atoms with Gasteiger partial charge in [-0.05, 0) is 74.8 Å². The first-order valence-electron chi connectivity index (χ1n) is 11.1. The molecule has 2 aromatic carbocycles. The fraction of sp³-hybridized carbons (Fsp3) is 0.385. The normalized spacial score (nSPS) is 25.9. The van der Waals surface area contributed by atoms with E-state index in [2.05, 4.69) is 0 Å². The van der Waals surface area contributed by atoms with Gasteiger partial charge in [0.05, 0.1) is 23.1 Å². The average molecular weight is 431 g/mol. The fourth-order valence-electron chi connectivity index (χ4n) is 5.76. The largest absolute Gasteiger partial charge is 0.454 e. The number of amides is 2. The minimum atomic E-state index is -0.662. The Bertz CT molecular complexity index is 1120. The van der Waals surface area contributed by atoms with Gasteiger partial charge in [0.1, 0.15) is 0 Å². The third kappa shape index (κ3) is 3.25. The summed E-state index contributed by atoms with van der Waals surface area (Å²) in [7, 11) is 0. The van der Waals surface area contributed by atoms with Crippen molar-refractivity contribution in [3.63, 3.8) is 0 Å². The number of aryl methyl sites for hydroxylation is 2. The van der Waals surface area contributed by atoms with Crippen LogP contribution in [0.25, 0.3) is 0 Å². The lowest BCUT2D eigenvalue weighted by Gasteiger charge is -2.19. The Balaban J connectivity index is 1.31. The van der Waals surface area contributed by atoms with Crippen LogP contribution < -0.4 is 4.90 Å². The van der Waals surface area contributed by atoms with Gasteiger partial charge in [0.25, 0.3) is 0 Å². The van der Waals surface area contributed by atoms with Gasteiger partial charge >= 0.3 is 5.97 Å². The number of ether oxygens (including phenoxy) is 1. The zero-order chi connectivity index (χ0) is 22.6. The van der Waals surface area contributed by atoms with Gasteiger partial charge in [-0.2, -0.15) is 0 Å². The van der Waals surface area contributed by atoms with Gasteiger partial charge in [0, 0.05) is 5.56 Å². The first kappa shape index (κ1) is 20.6. The molecule has 1 aliphatic heterocycles. The van der Waals surface area contributed by atoms with Crippen LogP contribution >= 0.6 is 0 Å². The van der Waals surface area contributed by atoms with Crippen molar-refractivity contribution in [3.05, 3.63) is 64.7 Å². The maximum atomic E-state index is 13.0. The van der Waals surface area contributed by atoms with Gasteiger partial charge in [-0.1, -0.05) is 23.8 Å². The third-order valence-electron chi connectivity index (χ3n) is 7.30. The van der Waals surface area contributed by atoms with Crippen molar-refractivity contribution in [3.8, 4) is 0 Å². The lowest BCUT2D eigenvalue weighted by Crippen LogP contribution is -2.32. The van der Waals surface area contributed by atoms with E-state index >= 15 is 0 Å². The summed E-state index contributed by atoms with van der Waals surface area (Å²) < 4.78 is 5.25. The number of rotatable bonds is 5. The molecule has 0 radical (unpaired) electrons. The summed E-state index contributed by atoms with van der Waals surface area (Å²) in [5.74, 6) is -1.06. The number of ketones is 1. The molecule has 4 unspecified atom stereocenters. The van der Waals surface area contributed by atoms with Gasteiger partial charge in [-0.25, -0.2) is 4.79 Å². The average Bonchev–Trinajstić information content (AvgIpc) is 3.47. The van der Waals surface area contributed by atoms with E-state index in [4.69, 9.17) is 4.74 Å². The summed E-state index contributed by atoms with van der Waals surface area (Å²) in [6.07, 6.45) is 3.00. The molecule has 6 nitrogen and oxygen atoms in total. The van der Waals surface area contributed by atoms with Crippen LogP contribution in [0.1, 0.15) is 51.1 Å². The minimum Gasteiger partial charge on any atom is -0.454 e. The highest BCUT2D eigenvalue weighted by atomic mass is 16.5. The number of anilines is 1. The summed E-state index contributed by atoms with van der Waals surface area (Å²) in [5, 5.41) is 0. The Morgan fingerprint density at radius 3 is 2.34 bits per heavy atom. The van der Waals surface area contributed by atoms with Crippen molar-refractivity contribution in [1.82, 2.24) is 0 Å². The lowest BCUT2D eigenvalue weighted by molar-refractivity contribution is -0.123. The monoisotopic (exact) mass is 431 g/mol. The summed E-state index contributed by atoms with van der Waals surface area (Å²) in [6, 6.07) is 11.9. The predicted octanol–water partition coefficient (Wildman–Crippen LogP) is 3.88. The number of carbonyl (C=O) groups excluding carboxylic acids is 4. The number of esters is 1. The SMILES string of the molecule is Cc1ccc(C)c(C(=O)COC(=O)c2cccc(N3C(=O)C4C5CCC(C5)C4C3=O)c2)c1. The molecule has 2 amide bonds. The highest BCUT2D eigenvalue weighted by Crippen LogP contribution is 2.56. The predicted molar refractivity (Wildman–Crippen MR) is 117 cm³/mol. The van der Waals surface area contributed by atoms with Crippen LogP contribution in [0.3, 0.4) is 0 Å². The van der Waals surface area contributed by atoms with Crippen molar-refractivity contribution in [2.75, 3.05) is 11.5 Å². The van der Waals surface area contributed by atoms with E-state index in [9.17, 15) is 19.2 Å². The zero-order valence-corrected chi connectivity index (χ0v) is 18.2. The number of hydrogen-bond donors (Lipinski definition) is 0. The van der Waals surface area contributed by atoms with Crippen molar-refractivity contribution in [2.24, 2.45) is 23.7 Å². The van der Waals surface area contributed by atoms with E-state index in [0.717, 1.165) is 30.4 Å². The van der Waals surface area contributed by atoms with Crippen molar-refractivity contribution in [2.45, 2.75) is 33.1 Å². The smallest absolute Gasteiger partial charge is 0.338 e. The molecular formula is C26H25NO5. The number of hydrogen-bond acceptors (Lipinski definition) is 5. The molecule has 3 aliphatic rings. The molecule has 0 spiro atoms. The molecule has 0 aromatic heterocycles. The van der Waals surface area contributed by atoms with Crippen LogP contribution in [0.15, 0.2) is 42.5 Å². The number of Topliss-reactive ketones (excluding diaryl/α,β-unsaturated/α-hetero) is 1. The molecule has 2 aromatic rings. The Hall–Kier alpha value is -3.28. The molecule has 1 heterocycles. The van der Waals surface area contributed by atoms with E-state index in [-0.39, 0.29) is 41.6 Å². The number of nitrogens with zero attached hydrogens (tertiary/aromatic N) is 1. The minimum absolute atomic E-state index is 0.150. The highest BCUT2D eigenvalue weighted by Gasteiger charge is 2.61. The number of benzene rings is 2. The highest BCUT2D eigenvalue weighted by molar-refractivity contribution is 6.22. The van der Waals surface area contributed by atoms with Gasteiger partial charge in [-0.15, -0.1) is 0 Å². The molecule has 32 heavy (non-hydrogen) atoms. The van der Waals surface area contributed by atoms with Crippen molar-refractivity contribution < 1.29 is 23.9 Å². The van der Waals surface area contributed by atoms with E-state index in [0.29, 0.717) is 23.1 Å². The summed E-state index contributed by atoms with van der Waals surface area (Å²) in [6.45, 7) is 3.36. The van der Waals surface area contributed by atoms with Crippen LogP contribution in [-0.4, -0.2) is 30.2 Å². The van der Waals surface area contributed by atoms with Crippen LogP contribution in [-0.2, 0) is 14.3 Å². The first-order chi connectivity index (χ1) is 15.3. The molecule has 5 rings (SSSR count). The number of imide groups is 1. The Kier molecular flexibility index (Phi) is 4.96. The van der Waals surface area contributed by atoms with Gasteiger partial charge in [0.2, 0.25) is 17.6 Å². The zero-order valence-electron chi connectivity index (χ0n) is 18.2. The maximum Gasteiger partial charge on any atom is 0.338 e. The van der Waals surface area contributed by atoms with E-state index < -0.39 is 5.97 Å². The number of carbonyl (C=O) groups is 4. The topological polar surface area (TPSA) is 80.8 Å². The molecular weight excluding hydrogens is 406 g/mol. The number of fused-ring (bicyclic) bond motifs is 5. The second-order valence-electron chi connectivity index (χ2n) is 9.26. The standard InChI is InChI=1S/C26H25NO5/c1-14-6-7-15(2)20(10-14)21(28)13-32-26(31)18-4-3-5-19(12-18)27-24(29)22-16-8-9-17(11-16)23(22)25(27)30/h3-7,10,12,16-17,22-23H,8-9,11,13H2,1-2H3. The molecule has 164 valence electrons. The molecule has 2 aliphatic carbocycles. The van der Waals surface area contributed by atoms with Crippen molar-refractivity contribution >= 4 is 29.3 Å². The van der Waals surface area contributed by atoms with E-state index in [1.807, 2.05) is 26.0 Å². The molecule has 3 fully saturated rings. The quantitative estimate of drug-likeness (QED) is 0.408. The van der Waals surface area contributed by atoms with Crippen LogP contribution in [0.5, 0.6) is 0 Å². The fourth-order valence-corrected chi connectivity index (χ4v) is 5.76. The Morgan fingerprint density at radius 1 is 0.969 bits per heavy atom. The molecule has 6 heteroatoms. The third-order valence-corrected chi connectivity index (χ3v) is 7.30. The Morgan fingerprint density at radius 2 is 1.66 bits per heavy atom. The molecule has 0 N–H and O–H groups in total. The van der Waals surface area contributed by atoms with Crippen LogP contribution in [0, 0.1) is 37.5 Å². The molecule has 1 saturated heterocycles. The van der Waals surface area contributed by atoms with Crippen LogP contribution in [0.2, 0.25) is 0 Å². The lowest BCUT2D eigenvalue weighted by atomic mass is 9.81. The second kappa shape index (κ2) is 7.69. The second-order valence-corrected chi connectivity index (χ2v) is 9.26. The van der Waals surface area contributed by atoms with Crippen LogP contribution in [0.4, 0.5) is 5.69 Å². The molecule has 2 bridgehead atoms. The van der Waals surface area contributed by atoms with Gasteiger partial charge in [0.15, 0.2) is 6.61 Å². The Labute approximate surface area is 186 Å².